The van der Waals surface area contributed by atoms with Crippen LogP contribution in [0.1, 0.15) is 18.3 Å². The van der Waals surface area contributed by atoms with Crippen molar-refractivity contribution >= 4 is 0 Å². The first-order valence-electron chi connectivity index (χ1n) is 5.33. The van der Waals surface area contributed by atoms with Crippen molar-refractivity contribution < 1.29 is 0 Å². The maximum absolute atomic E-state index is 4.60. The predicted octanol–water partition coefficient (Wildman–Crippen LogP) is -0.303. The minimum absolute atomic E-state index is 0.719. The standard InChI is InChI=1S/C9H13N7/c1-3-16-7-5-10-4-6(7)11-8(16)9-12-13-14-15(9)2/h10H,3-5H2,1-2H3. The number of tetrazole rings is 1. The van der Waals surface area contributed by atoms with Gasteiger partial charge in [-0.3, -0.25) is 0 Å². The molecule has 0 aromatic carbocycles. The van der Waals surface area contributed by atoms with Crippen LogP contribution in [0.2, 0.25) is 0 Å². The lowest BCUT2D eigenvalue weighted by atomic mass is 10.4. The molecule has 0 saturated heterocycles. The summed E-state index contributed by atoms with van der Waals surface area (Å²) in [5.74, 6) is 1.58. The zero-order chi connectivity index (χ0) is 11.1. The summed E-state index contributed by atoms with van der Waals surface area (Å²) in [7, 11) is 1.83. The van der Waals surface area contributed by atoms with Crippen LogP contribution < -0.4 is 5.32 Å². The molecule has 0 radical (unpaired) electrons. The molecule has 0 bridgehead atoms. The Hall–Kier alpha value is -1.76. The second-order valence-corrected chi connectivity index (χ2v) is 3.80. The lowest BCUT2D eigenvalue weighted by molar-refractivity contribution is 0.664. The highest BCUT2D eigenvalue weighted by Gasteiger charge is 2.23. The molecule has 3 rings (SSSR count). The fourth-order valence-corrected chi connectivity index (χ4v) is 2.10. The van der Waals surface area contributed by atoms with Crippen LogP contribution in [0.15, 0.2) is 0 Å². The van der Waals surface area contributed by atoms with Crippen LogP contribution in [0.5, 0.6) is 0 Å². The van der Waals surface area contributed by atoms with Crippen molar-refractivity contribution in [3.8, 4) is 11.6 Å². The number of nitrogens with one attached hydrogen (secondary N) is 1. The topological polar surface area (TPSA) is 73.5 Å². The number of hydrogen-bond acceptors (Lipinski definition) is 5. The molecule has 2 aromatic rings. The van der Waals surface area contributed by atoms with Gasteiger partial charge in [0.05, 0.1) is 11.4 Å². The molecule has 0 atom stereocenters. The van der Waals surface area contributed by atoms with E-state index in [0.29, 0.717) is 0 Å². The normalized spacial score (nSPS) is 14.4. The Labute approximate surface area is 92.5 Å². The number of aromatic nitrogens is 6. The van der Waals surface area contributed by atoms with E-state index in [-0.39, 0.29) is 0 Å². The van der Waals surface area contributed by atoms with Gasteiger partial charge < -0.3 is 9.88 Å². The highest BCUT2D eigenvalue weighted by molar-refractivity contribution is 5.47. The van der Waals surface area contributed by atoms with Gasteiger partial charge in [0.2, 0.25) is 5.82 Å². The molecule has 84 valence electrons. The third-order valence-electron chi connectivity index (χ3n) is 2.88. The largest absolute Gasteiger partial charge is 0.324 e. The highest BCUT2D eigenvalue weighted by Crippen LogP contribution is 2.22. The van der Waals surface area contributed by atoms with Gasteiger partial charge in [0.25, 0.3) is 0 Å². The van der Waals surface area contributed by atoms with Gasteiger partial charge >= 0.3 is 0 Å². The summed E-state index contributed by atoms with van der Waals surface area (Å²) in [6.07, 6.45) is 0. The van der Waals surface area contributed by atoms with Gasteiger partial charge in [-0.2, -0.15) is 0 Å². The number of hydrogen-bond donors (Lipinski definition) is 1. The maximum Gasteiger partial charge on any atom is 0.217 e. The summed E-state index contributed by atoms with van der Waals surface area (Å²) in [6.45, 7) is 4.70. The van der Waals surface area contributed by atoms with Crippen LogP contribution in [-0.4, -0.2) is 29.8 Å². The Morgan fingerprint density at radius 1 is 1.31 bits per heavy atom. The van der Waals surface area contributed by atoms with Crippen molar-refractivity contribution in [2.24, 2.45) is 7.05 Å². The first kappa shape index (κ1) is 9.46. The van der Waals surface area contributed by atoms with Crippen molar-refractivity contribution in [2.45, 2.75) is 26.6 Å². The quantitative estimate of drug-likeness (QED) is 0.750. The van der Waals surface area contributed by atoms with E-state index in [1.165, 1.54) is 5.69 Å². The van der Waals surface area contributed by atoms with Gasteiger partial charge in [0.1, 0.15) is 0 Å². The summed E-state index contributed by atoms with van der Waals surface area (Å²) >= 11 is 0. The smallest absolute Gasteiger partial charge is 0.217 e. The predicted molar refractivity (Wildman–Crippen MR) is 56.2 cm³/mol. The molecule has 0 amide bonds. The van der Waals surface area contributed by atoms with E-state index in [9.17, 15) is 0 Å². The van der Waals surface area contributed by atoms with Crippen molar-refractivity contribution in [1.82, 2.24) is 35.1 Å². The fraction of sp³-hybridized carbons (Fsp3) is 0.556. The molecular formula is C9H13N7. The van der Waals surface area contributed by atoms with E-state index in [1.54, 1.807) is 4.68 Å². The molecule has 1 N–H and O–H groups in total. The Morgan fingerprint density at radius 3 is 2.88 bits per heavy atom. The minimum Gasteiger partial charge on any atom is -0.324 e. The summed E-state index contributed by atoms with van der Waals surface area (Å²) in [4.78, 5) is 4.60. The molecule has 3 heterocycles. The SMILES string of the molecule is CCn1c(-c2nnnn2C)nc2c1CNC2. The molecular weight excluding hydrogens is 206 g/mol. The van der Waals surface area contributed by atoms with E-state index >= 15 is 0 Å². The Bertz CT molecular complexity index is 524. The average Bonchev–Trinajstić information content (AvgIpc) is 2.90. The second-order valence-electron chi connectivity index (χ2n) is 3.80. The molecule has 0 fully saturated rings. The third kappa shape index (κ3) is 1.18. The van der Waals surface area contributed by atoms with Crippen LogP contribution >= 0.6 is 0 Å². The van der Waals surface area contributed by atoms with Crippen LogP contribution in [0.3, 0.4) is 0 Å². The molecule has 0 unspecified atom stereocenters. The van der Waals surface area contributed by atoms with Gasteiger partial charge in [-0.15, -0.1) is 5.10 Å². The molecule has 7 nitrogen and oxygen atoms in total. The number of rotatable bonds is 2. The van der Waals surface area contributed by atoms with E-state index in [2.05, 4.69) is 37.3 Å². The van der Waals surface area contributed by atoms with Gasteiger partial charge in [-0.1, -0.05) is 0 Å². The van der Waals surface area contributed by atoms with Crippen molar-refractivity contribution in [3.63, 3.8) is 0 Å². The summed E-state index contributed by atoms with van der Waals surface area (Å²) in [5.41, 5.74) is 2.36. The molecule has 1 aliphatic rings. The maximum atomic E-state index is 4.60. The Kier molecular flexibility index (Phi) is 2.00. The van der Waals surface area contributed by atoms with Crippen LogP contribution in [0.4, 0.5) is 0 Å². The lowest BCUT2D eigenvalue weighted by Crippen LogP contribution is -2.10. The van der Waals surface area contributed by atoms with Gasteiger partial charge in [0.15, 0.2) is 5.82 Å². The molecule has 0 aliphatic carbocycles. The van der Waals surface area contributed by atoms with E-state index in [0.717, 1.165) is 37.0 Å². The molecule has 1 aliphatic heterocycles. The number of nitrogens with zero attached hydrogens (tertiary/aromatic N) is 6. The van der Waals surface area contributed by atoms with Gasteiger partial charge in [-0.25, -0.2) is 9.67 Å². The summed E-state index contributed by atoms with van der Waals surface area (Å²) in [6, 6.07) is 0. The number of aryl methyl sites for hydroxylation is 1. The van der Waals surface area contributed by atoms with Crippen molar-refractivity contribution in [2.75, 3.05) is 0 Å². The molecule has 7 heteroatoms. The van der Waals surface area contributed by atoms with E-state index in [4.69, 9.17) is 0 Å². The molecule has 0 spiro atoms. The molecule has 2 aromatic heterocycles. The first-order valence-corrected chi connectivity index (χ1v) is 5.33. The van der Waals surface area contributed by atoms with Crippen molar-refractivity contribution in [3.05, 3.63) is 11.4 Å². The van der Waals surface area contributed by atoms with Gasteiger partial charge in [-0.05, 0) is 17.4 Å². The van der Waals surface area contributed by atoms with Crippen molar-refractivity contribution in [1.29, 1.82) is 0 Å². The zero-order valence-corrected chi connectivity index (χ0v) is 9.30. The van der Waals surface area contributed by atoms with Crippen LogP contribution in [0.25, 0.3) is 11.6 Å². The summed E-state index contributed by atoms with van der Waals surface area (Å²) < 4.78 is 3.82. The molecule has 16 heavy (non-hydrogen) atoms. The van der Waals surface area contributed by atoms with Gasteiger partial charge in [0, 0.05) is 26.7 Å². The number of fused-ring (bicyclic) bond motifs is 1. The zero-order valence-electron chi connectivity index (χ0n) is 9.30. The molecule has 0 saturated carbocycles. The van der Waals surface area contributed by atoms with Crippen LogP contribution in [0, 0.1) is 0 Å². The number of imidazole rings is 1. The van der Waals surface area contributed by atoms with E-state index < -0.39 is 0 Å². The average molecular weight is 219 g/mol. The summed E-state index contributed by atoms with van der Waals surface area (Å²) in [5, 5.41) is 14.8. The Balaban J connectivity index is 2.18. The van der Waals surface area contributed by atoms with Crippen LogP contribution in [-0.2, 0) is 26.7 Å². The first-order chi connectivity index (χ1) is 7.81. The van der Waals surface area contributed by atoms with E-state index in [1.807, 2.05) is 7.05 Å². The highest BCUT2D eigenvalue weighted by atomic mass is 15.5. The monoisotopic (exact) mass is 219 g/mol. The minimum atomic E-state index is 0.719. The lowest BCUT2D eigenvalue weighted by Gasteiger charge is -2.06. The third-order valence-corrected chi connectivity index (χ3v) is 2.88. The Morgan fingerprint density at radius 2 is 2.19 bits per heavy atom. The fourth-order valence-electron chi connectivity index (χ4n) is 2.10. The second kappa shape index (κ2) is 3.38.